The fourth-order valence-electron chi connectivity index (χ4n) is 1.78. The van der Waals surface area contributed by atoms with Gasteiger partial charge in [0.15, 0.2) is 5.76 Å². The number of carbonyl (C=O) groups excluding carboxylic acids is 1. The second-order valence-corrected chi connectivity index (χ2v) is 4.57. The van der Waals surface area contributed by atoms with Gasteiger partial charge in [-0.25, -0.2) is 0 Å². The average molecular weight is 259 g/mol. The number of hydrogen-bond acceptors (Lipinski definition) is 5. The van der Waals surface area contributed by atoms with E-state index < -0.39 is 0 Å². The number of aryl methyl sites for hydroxylation is 1. The number of anilines is 1. The van der Waals surface area contributed by atoms with Crippen molar-refractivity contribution >= 4 is 33.4 Å². The van der Waals surface area contributed by atoms with E-state index in [9.17, 15) is 4.79 Å². The lowest BCUT2D eigenvalue weighted by molar-refractivity contribution is 0.0998. The predicted molar refractivity (Wildman–Crippen MR) is 68.8 cm³/mol. The number of hydrogen-bond donors (Lipinski definition) is 1. The number of fused-ring (bicyclic) bond motifs is 1. The lowest BCUT2D eigenvalue weighted by Gasteiger charge is -1.98. The highest BCUT2D eigenvalue weighted by molar-refractivity contribution is 7.10. The highest BCUT2D eigenvalue weighted by Crippen LogP contribution is 2.25. The van der Waals surface area contributed by atoms with E-state index in [1.807, 2.05) is 31.2 Å². The van der Waals surface area contributed by atoms with Crippen LogP contribution < -0.4 is 5.32 Å². The summed E-state index contributed by atoms with van der Waals surface area (Å²) in [5, 5.41) is 7.90. The largest absolute Gasteiger partial charge is 0.451 e. The topological polar surface area (TPSA) is 68.0 Å². The molecule has 0 bridgehead atoms. The lowest BCUT2D eigenvalue weighted by Crippen LogP contribution is -2.10. The molecule has 0 aliphatic rings. The standard InChI is InChI=1S/C12H9N3O2S/c1-7-8-4-2-3-5-9(8)17-11(7)12(16)14-10-6-13-15-18-10/h2-6H,1H3,(H,14,16). The zero-order valence-electron chi connectivity index (χ0n) is 9.51. The third kappa shape index (κ3) is 1.76. The van der Waals surface area contributed by atoms with Gasteiger partial charge in [0.1, 0.15) is 10.6 Å². The summed E-state index contributed by atoms with van der Waals surface area (Å²) in [6, 6.07) is 7.56. The number of rotatable bonds is 2. The van der Waals surface area contributed by atoms with Gasteiger partial charge in [-0.3, -0.25) is 4.79 Å². The predicted octanol–water partition coefficient (Wildman–Crippen LogP) is 2.85. The van der Waals surface area contributed by atoms with Crippen molar-refractivity contribution in [2.45, 2.75) is 6.92 Å². The molecule has 0 saturated carbocycles. The van der Waals surface area contributed by atoms with Crippen molar-refractivity contribution in [1.82, 2.24) is 9.59 Å². The van der Waals surface area contributed by atoms with Gasteiger partial charge in [-0.15, -0.1) is 5.10 Å². The van der Waals surface area contributed by atoms with Gasteiger partial charge < -0.3 is 9.73 Å². The fourth-order valence-corrected chi connectivity index (χ4v) is 2.20. The SMILES string of the molecule is Cc1c(C(=O)Nc2cnns2)oc2ccccc12. The van der Waals surface area contributed by atoms with Crippen LogP contribution in [0.25, 0.3) is 11.0 Å². The van der Waals surface area contributed by atoms with Crippen molar-refractivity contribution in [3.8, 4) is 0 Å². The summed E-state index contributed by atoms with van der Waals surface area (Å²) in [5.74, 6) is 0.0411. The summed E-state index contributed by atoms with van der Waals surface area (Å²) in [6.07, 6.45) is 1.50. The van der Waals surface area contributed by atoms with E-state index in [0.29, 0.717) is 16.3 Å². The zero-order chi connectivity index (χ0) is 12.5. The smallest absolute Gasteiger partial charge is 0.292 e. The lowest BCUT2D eigenvalue weighted by atomic mass is 10.1. The molecule has 2 heterocycles. The summed E-state index contributed by atoms with van der Waals surface area (Å²) in [4.78, 5) is 12.0. The minimum atomic E-state index is -0.283. The minimum Gasteiger partial charge on any atom is -0.451 e. The van der Waals surface area contributed by atoms with Crippen LogP contribution in [0.3, 0.4) is 0 Å². The fraction of sp³-hybridized carbons (Fsp3) is 0.0833. The zero-order valence-corrected chi connectivity index (χ0v) is 10.3. The van der Waals surface area contributed by atoms with Gasteiger partial charge >= 0.3 is 0 Å². The van der Waals surface area contributed by atoms with Crippen molar-refractivity contribution < 1.29 is 9.21 Å². The Bertz CT molecular complexity index is 703. The molecule has 5 nitrogen and oxygen atoms in total. The Labute approximate surface area is 107 Å². The van der Waals surface area contributed by atoms with Crippen LogP contribution in [0.4, 0.5) is 5.00 Å². The number of benzene rings is 1. The molecular weight excluding hydrogens is 250 g/mol. The molecule has 0 spiro atoms. The number of aromatic nitrogens is 2. The van der Waals surface area contributed by atoms with Crippen LogP contribution >= 0.6 is 11.5 Å². The number of para-hydroxylation sites is 1. The molecule has 0 aliphatic heterocycles. The van der Waals surface area contributed by atoms with Crippen LogP contribution in [0.15, 0.2) is 34.9 Å². The van der Waals surface area contributed by atoms with E-state index in [4.69, 9.17) is 4.42 Å². The maximum atomic E-state index is 12.0. The maximum absolute atomic E-state index is 12.0. The Morgan fingerprint density at radius 3 is 2.94 bits per heavy atom. The van der Waals surface area contributed by atoms with E-state index in [0.717, 1.165) is 22.5 Å². The van der Waals surface area contributed by atoms with Crippen LogP contribution in [0.2, 0.25) is 0 Å². The molecule has 1 aromatic carbocycles. The van der Waals surface area contributed by atoms with Gasteiger partial charge in [0.2, 0.25) is 0 Å². The van der Waals surface area contributed by atoms with Crippen molar-refractivity contribution in [2.75, 3.05) is 5.32 Å². The molecule has 0 aliphatic carbocycles. The summed E-state index contributed by atoms with van der Waals surface area (Å²) in [7, 11) is 0. The number of nitrogens with one attached hydrogen (secondary N) is 1. The Kier molecular flexibility index (Phi) is 2.56. The highest BCUT2D eigenvalue weighted by atomic mass is 32.1. The number of amides is 1. The summed E-state index contributed by atoms with van der Waals surface area (Å²) in [5.41, 5.74) is 1.54. The van der Waals surface area contributed by atoms with E-state index in [-0.39, 0.29) is 5.91 Å². The molecule has 0 saturated heterocycles. The van der Waals surface area contributed by atoms with E-state index in [1.165, 1.54) is 6.20 Å². The van der Waals surface area contributed by atoms with Crippen LogP contribution in [0, 0.1) is 6.92 Å². The van der Waals surface area contributed by atoms with Crippen LogP contribution in [-0.2, 0) is 0 Å². The van der Waals surface area contributed by atoms with E-state index in [2.05, 4.69) is 14.9 Å². The minimum absolute atomic E-state index is 0.283. The van der Waals surface area contributed by atoms with Crippen molar-refractivity contribution in [2.24, 2.45) is 0 Å². The highest BCUT2D eigenvalue weighted by Gasteiger charge is 2.17. The first-order chi connectivity index (χ1) is 8.75. The molecule has 0 radical (unpaired) electrons. The Morgan fingerprint density at radius 2 is 2.22 bits per heavy atom. The molecule has 0 atom stereocenters. The van der Waals surface area contributed by atoms with Crippen LogP contribution in [-0.4, -0.2) is 15.5 Å². The first kappa shape index (κ1) is 10.9. The molecule has 0 fully saturated rings. The van der Waals surface area contributed by atoms with Crippen molar-refractivity contribution in [3.05, 3.63) is 41.8 Å². The van der Waals surface area contributed by atoms with Gasteiger partial charge in [0.25, 0.3) is 5.91 Å². The third-order valence-electron chi connectivity index (χ3n) is 2.65. The normalized spacial score (nSPS) is 10.7. The molecule has 2 aromatic heterocycles. The van der Waals surface area contributed by atoms with Crippen molar-refractivity contribution in [3.63, 3.8) is 0 Å². The van der Waals surface area contributed by atoms with Gasteiger partial charge in [-0.1, -0.05) is 22.7 Å². The monoisotopic (exact) mass is 259 g/mol. The van der Waals surface area contributed by atoms with Crippen LogP contribution in [0.5, 0.6) is 0 Å². The molecule has 0 unspecified atom stereocenters. The molecule has 90 valence electrons. The summed E-state index contributed by atoms with van der Waals surface area (Å²) >= 11 is 1.12. The first-order valence-corrected chi connectivity index (χ1v) is 6.10. The molecule has 1 amide bonds. The summed E-state index contributed by atoms with van der Waals surface area (Å²) < 4.78 is 9.24. The van der Waals surface area contributed by atoms with Gasteiger partial charge in [-0.05, 0) is 13.0 Å². The van der Waals surface area contributed by atoms with E-state index in [1.54, 1.807) is 0 Å². The number of carbonyl (C=O) groups is 1. The van der Waals surface area contributed by atoms with Gasteiger partial charge in [-0.2, -0.15) is 0 Å². The second kappa shape index (κ2) is 4.23. The van der Waals surface area contributed by atoms with Gasteiger partial charge in [0, 0.05) is 22.5 Å². The molecule has 18 heavy (non-hydrogen) atoms. The Hall–Kier alpha value is -2.21. The Morgan fingerprint density at radius 1 is 1.39 bits per heavy atom. The van der Waals surface area contributed by atoms with Crippen LogP contribution in [0.1, 0.15) is 16.1 Å². The molecule has 3 aromatic rings. The number of nitrogens with zero attached hydrogens (tertiary/aromatic N) is 2. The maximum Gasteiger partial charge on any atom is 0.292 e. The average Bonchev–Trinajstić information content (AvgIpc) is 2.98. The quantitative estimate of drug-likeness (QED) is 0.768. The molecular formula is C12H9N3O2S. The first-order valence-electron chi connectivity index (χ1n) is 5.32. The summed E-state index contributed by atoms with van der Waals surface area (Å²) in [6.45, 7) is 1.87. The molecule has 6 heteroatoms. The van der Waals surface area contributed by atoms with Crippen molar-refractivity contribution in [1.29, 1.82) is 0 Å². The second-order valence-electron chi connectivity index (χ2n) is 3.79. The molecule has 1 N–H and O–H groups in total. The van der Waals surface area contributed by atoms with Gasteiger partial charge in [0.05, 0.1) is 6.20 Å². The molecule has 3 rings (SSSR count). The number of furan rings is 1. The third-order valence-corrected chi connectivity index (χ3v) is 3.23. The Balaban J connectivity index is 1.99. The van der Waals surface area contributed by atoms with E-state index >= 15 is 0 Å².